The summed E-state index contributed by atoms with van der Waals surface area (Å²) in [4.78, 5) is 25.7. The van der Waals surface area contributed by atoms with Gasteiger partial charge in [-0.25, -0.2) is 0 Å². The van der Waals surface area contributed by atoms with Crippen LogP contribution in [0.2, 0.25) is 0 Å². The van der Waals surface area contributed by atoms with Crippen molar-refractivity contribution in [1.82, 2.24) is 31.1 Å². The van der Waals surface area contributed by atoms with E-state index in [0.717, 1.165) is 11.1 Å². The fraction of sp³-hybridized carbons (Fsp3) is 0.0833. The van der Waals surface area contributed by atoms with E-state index in [1.807, 2.05) is 36.4 Å². The van der Waals surface area contributed by atoms with Gasteiger partial charge in [-0.15, -0.1) is 10.2 Å². The van der Waals surface area contributed by atoms with Crippen LogP contribution >= 0.6 is 0 Å². The third-order valence-corrected chi connectivity index (χ3v) is 4.69. The van der Waals surface area contributed by atoms with Crippen molar-refractivity contribution >= 4 is 11.8 Å². The summed E-state index contributed by atoms with van der Waals surface area (Å²) in [7, 11) is 0. The molecule has 2 N–H and O–H groups in total. The number of carbonyl (C=O) groups is 2. The van der Waals surface area contributed by atoms with Gasteiger partial charge in [0.15, 0.2) is 6.61 Å². The molecule has 1 aromatic heterocycles. The molecule has 0 aliphatic rings. The molecule has 0 spiro atoms. The van der Waals surface area contributed by atoms with E-state index in [2.05, 4.69) is 26.3 Å². The summed E-state index contributed by atoms with van der Waals surface area (Å²) in [6.45, 7) is 0.103. The standard InChI is InChI=1S/C24H19N7O3/c25-14-17-8-12-21(13-9-17)34-16-22(32)26-28-24(33)20-10-6-18(7-11-20)15-31-29-23(27-30-31)19-4-2-1-3-5-19/h1-13H,15-16H2,(H,26,32)(H,28,33). The lowest BCUT2D eigenvalue weighted by molar-refractivity contribution is -0.123. The molecule has 0 atom stereocenters. The number of aromatic nitrogens is 4. The molecule has 0 aliphatic carbocycles. The summed E-state index contributed by atoms with van der Waals surface area (Å²) < 4.78 is 5.32. The highest BCUT2D eigenvalue weighted by molar-refractivity contribution is 5.95. The Kier molecular flexibility index (Phi) is 6.86. The Bertz CT molecular complexity index is 1310. The van der Waals surface area contributed by atoms with E-state index < -0.39 is 11.8 Å². The smallest absolute Gasteiger partial charge is 0.276 e. The Hall–Kier alpha value is -5.04. The van der Waals surface area contributed by atoms with Gasteiger partial charge in [0, 0.05) is 11.1 Å². The normalized spacial score (nSPS) is 10.2. The summed E-state index contributed by atoms with van der Waals surface area (Å²) in [5, 5.41) is 21.3. The third-order valence-electron chi connectivity index (χ3n) is 4.69. The summed E-state index contributed by atoms with van der Waals surface area (Å²) in [5.41, 5.74) is 7.26. The predicted molar refractivity (Wildman–Crippen MR) is 121 cm³/mol. The van der Waals surface area contributed by atoms with Crippen molar-refractivity contribution in [1.29, 1.82) is 5.26 Å². The SMILES string of the molecule is N#Cc1ccc(OCC(=O)NNC(=O)c2ccc(Cn3nnc(-c4ccccc4)n3)cc2)cc1. The second-order valence-corrected chi connectivity index (χ2v) is 7.13. The van der Waals surface area contributed by atoms with Gasteiger partial charge in [-0.1, -0.05) is 42.5 Å². The predicted octanol–water partition coefficient (Wildman–Crippen LogP) is 2.10. The maximum Gasteiger partial charge on any atom is 0.276 e. The van der Waals surface area contributed by atoms with Gasteiger partial charge >= 0.3 is 0 Å². The summed E-state index contributed by atoms with van der Waals surface area (Å²) in [6.07, 6.45) is 0. The third kappa shape index (κ3) is 5.80. The van der Waals surface area contributed by atoms with E-state index in [1.54, 1.807) is 48.5 Å². The van der Waals surface area contributed by atoms with Gasteiger partial charge in [0.1, 0.15) is 5.75 Å². The molecular formula is C24H19N7O3. The van der Waals surface area contributed by atoms with Crippen molar-refractivity contribution in [3.8, 4) is 23.2 Å². The maximum absolute atomic E-state index is 12.3. The van der Waals surface area contributed by atoms with Gasteiger partial charge in [-0.2, -0.15) is 10.1 Å². The molecular weight excluding hydrogens is 434 g/mol. The van der Waals surface area contributed by atoms with E-state index in [4.69, 9.17) is 10.00 Å². The zero-order valence-electron chi connectivity index (χ0n) is 17.9. The average molecular weight is 453 g/mol. The summed E-state index contributed by atoms with van der Waals surface area (Å²) >= 11 is 0. The van der Waals surface area contributed by atoms with Crippen LogP contribution in [0.5, 0.6) is 5.75 Å². The van der Waals surface area contributed by atoms with Crippen LogP contribution in [0.15, 0.2) is 78.9 Å². The number of tetrazole rings is 1. The lowest BCUT2D eigenvalue weighted by atomic mass is 10.1. The van der Waals surface area contributed by atoms with Gasteiger partial charge < -0.3 is 4.74 Å². The Morgan fingerprint density at radius 2 is 1.68 bits per heavy atom. The number of benzene rings is 3. The van der Waals surface area contributed by atoms with Crippen molar-refractivity contribution in [3.05, 3.63) is 95.6 Å². The molecule has 1 heterocycles. The first-order chi connectivity index (χ1) is 16.6. The highest BCUT2D eigenvalue weighted by atomic mass is 16.5. The molecule has 10 heteroatoms. The van der Waals surface area contributed by atoms with Crippen LogP contribution in [0, 0.1) is 11.3 Å². The van der Waals surface area contributed by atoms with Gasteiger partial charge in [0.2, 0.25) is 5.82 Å². The Morgan fingerprint density at radius 1 is 0.941 bits per heavy atom. The molecule has 4 rings (SSSR count). The minimum atomic E-state index is -0.527. The molecule has 168 valence electrons. The van der Waals surface area contributed by atoms with Crippen LogP contribution in [0.4, 0.5) is 0 Å². The first kappa shape index (κ1) is 22.2. The number of nitrogens with one attached hydrogen (secondary N) is 2. The Labute approximate surface area is 194 Å². The quantitative estimate of drug-likeness (QED) is 0.409. The average Bonchev–Trinajstić information content (AvgIpc) is 3.36. The van der Waals surface area contributed by atoms with Crippen molar-refractivity contribution in [2.75, 3.05) is 6.61 Å². The van der Waals surface area contributed by atoms with Crippen LogP contribution in [0.3, 0.4) is 0 Å². The van der Waals surface area contributed by atoms with Crippen LogP contribution in [0.25, 0.3) is 11.4 Å². The van der Waals surface area contributed by atoms with E-state index in [9.17, 15) is 9.59 Å². The maximum atomic E-state index is 12.3. The summed E-state index contributed by atoms with van der Waals surface area (Å²) in [5.74, 6) is -0.0198. The Morgan fingerprint density at radius 3 is 2.38 bits per heavy atom. The van der Waals surface area contributed by atoms with Gasteiger partial charge in [0.05, 0.1) is 18.2 Å². The largest absolute Gasteiger partial charge is 0.484 e. The molecule has 4 aromatic rings. The topological polar surface area (TPSA) is 135 Å². The number of carbonyl (C=O) groups excluding carboxylic acids is 2. The molecule has 0 saturated carbocycles. The lowest BCUT2D eigenvalue weighted by Crippen LogP contribution is -2.43. The molecule has 10 nitrogen and oxygen atoms in total. The Balaban J connectivity index is 1.24. The number of hydrazine groups is 1. The highest BCUT2D eigenvalue weighted by Crippen LogP contribution is 2.13. The number of ether oxygens (including phenoxy) is 1. The molecule has 0 aliphatic heterocycles. The minimum Gasteiger partial charge on any atom is -0.484 e. The number of nitriles is 1. The van der Waals surface area contributed by atoms with Gasteiger partial charge in [-0.05, 0) is 47.2 Å². The highest BCUT2D eigenvalue weighted by Gasteiger charge is 2.10. The number of hydrogen-bond donors (Lipinski definition) is 2. The molecule has 0 radical (unpaired) electrons. The van der Waals surface area contributed by atoms with Crippen LogP contribution in [0.1, 0.15) is 21.5 Å². The van der Waals surface area contributed by atoms with Gasteiger partial charge in [0.25, 0.3) is 11.8 Å². The van der Waals surface area contributed by atoms with E-state index >= 15 is 0 Å². The van der Waals surface area contributed by atoms with Crippen molar-refractivity contribution in [2.24, 2.45) is 0 Å². The van der Waals surface area contributed by atoms with Crippen LogP contribution < -0.4 is 15.6 Å². The van der Waals surface area contributed by atoms with Crippen LogP contribution in [-0.4, -0.2) is 38.6 Å². The minimum absolute atomic E-state index is 0.291. The van der Waals surface area contributed by atoms with Crippen molar-refractivity contribution < 1.29 is 14.3 Å². The lowest BCUT2D eigenvalue weighted by Gasteiger charge is -2.09. The monoisotopic (exact) mass is 453 g/mol. The van der Waals surface area contributed by atoms with Crippen LogP contribution in [-0.2, 0) is 11.3 Å². The molecule has 0 unspecified atom stereocenters. The van der Waals surface area contributed by atoms with E-state index in [1.165, 1.54) is 4.80 Å². The first-order valence-corrected chi connectivity index (χ1v) is 10.2. The molecule has 0 saturated heterocycles. The number of hydrogen-bond acceptors (Lipinski definition) is 7. The zero-order chi connectivity index (χ0) is 23.8. The fourth-order valence-corrected chi connectivity index (χ4v) is 2.95. The number of amides is 2. The molecule has 0 bridgehead atoms. The second kappa shape index (κ2) is 10.5. The van der Waals surface area contributed by atoms with E-state index in [-0.39, 0.29) is 6.61 Å². The molecule has 2 amide bonds. The number of nitrogens with zero attached hydrogens (tertiary/aromatic N) is 5. The molecule has 0 fully saturated rings. The zero-order valence-corrected chi connectivity index (χ0v) is 17.9. The second-order valence-electron chi connectivity index (χ2n) is 7.13. The summed E-state index contributed by atoms with van der Waals surface area (Å²) in [6, 6.07) is 24.7. The van der Waals surface area contributed by atoms with Crippen molar-refractivity contribution in [3.63, 3.8) is 0 Å². The molecule has 3 aromatic carbocycles. The van der Waals surface area contributed by atoms with E-state index in [0.29, 0.717) is 29.2 Å². The number of rotatable bonds is 7. The first-order valence-electron chi connectivity index (χ1n) is 10.2. The van der Waals surface area contributed by atoms with Gasteiger partial charge in [-0.3, -0.25) is 20.4 Å². The van der Waals surface area contributed by atoms with Crippen molar-refractivity contribution in [2.45, 2.75) is 6.54 Å². The fourth-order valence-electron chi connectivity index (χ4n) is 2.95. The molecule has 34 heavy (non-hydrogen) atoms.